The number of ether oxygens (including phenoxy) is 1. The molecule has 35 heavy (non-hydrogen) atoms. The van der Waals surface area contributed by atoms with E-state index in [-0.39, 0.29) is 0 Å². The van der Waals surface area contributed by atoms with E-state index >= 15 is 0 Å². The molecule has 2 atom stereocenters. The van der Waals surface area contributed by atoms with Crippen molar-refractivity contribution >= 4 is 0 Å². The highest BCUT2D eigenvalue weighted by molar-refractivity contribution is 5.55. The Morgan fingerprint density at radius 2 is 1.31 bits per heavy atom. The second-order valence-electron chi connectivity index (χ2n) is 10.7. The molecule has 0 radical (unpaired) electrons. The molecule has 0 bridgehead atoms. The molecule has 0 amide bonds. The molecule has 194 valence electrons. The van der Waals surface area contributed by atoms with E-state index in [2.05, 4.69) is 48.1 Å². The average molecular weight is 479 g/mol. The van der Waals surface area contributed by atoms with Crippen molar-refractivity contribution in [1.82, 2.24) is 9.97 Å². The molecule has 0 saturated heterocycles. The fourth-order valence-corrected chi connectivity index (χ4v) is 5.74. The molecule has 1 aliphatic rings. The molecular weight excluding hydrogens is 428 g/mol. The van der Waals surface area contributed by atoms with E-state index in [1.54, 1.807) is 0 Å². The molecular formula is C32H50N2O. The van der Waals surface area contributed by atoms with Gasteiger partial charge < -0.3 is 4.74 Å². The Morgan fingerprint density at radius 3 is 1.94 bits per heavy atom. The molecule has 1 aliphatic carbocycles. The molecule has 3 rings (SSSR count). The Kier molecular flexibility index (Phi) is 13.2. The second kappa shape index (κ2) is 16.7. The van der Waals surface area contributed by atoms with E-state index in [1.165, 1.54) is 102 Å². The zero-order valence-corrected chi connectivity index (χ0v) is 22.6. The fourth-order valence-electron chi connectivity index (χ4n) is 5.74. The van der Waals surface area contributed by atoms with Gasteiger partial charge in [0.25, 0.3) is 0 Å². The molecule has 0 aliphatic heterocycles. The first kappa shape index (κ1) is 27.7. The van der Waals surface area contributed by atoms with Crippen molar-refractivity contribution in [1.29, 1.82) is 0 Å². The Labute approximate surface area is 215 Å². The molecule has 1 aromatic heterocycles. The van der Waals surface area contributed by atoms with Crippen molar-refractivity contribution in [3.05, 3.63) is 42.2 Å². The zero-order valence-electron chi connectivity index (χ0n) is 22.6. The van der Waals surface area contributed by atoms with Crippen LogP contribution in [0.2, 0.25) is 0 Å². The molecule has 1 fully saturated rings. The van der Waals surface area contributed by atoms with Crippen molar-refractivity contribution in [2.75, 3.05) is 6.61 Å². The number of benzene rings is 1. The van der Waals surface area contributed by atoms with Crippen LogP contribution in [0.15, 0.2) is 36.7 Å². The summed E-state index contributed by atoms with van der Waals surface area (Å²) in [6.07, 6.45) is 27.2. The van der Waals surface area contributed by atoms with Crippen LogP contribution < -0.4 is 4.74 Å². The SMILES string of the molecule is CCCCCCCCCCC1CCCCC1CCCOc1ccc(-c2ncc(CCC)cn2)cc1. The molecule has 0 N–H and O–H groups in total. The van der Waals surface area contributed by atoms with Crippen LogP contribution in [0, 0.1) is 11.8 Å². The van der Waals surface area contributed by atoms with E-state index in [0.29, 0.717) is 0 Å². The predicted octanol–water partition coefficient (Wildman–Crippen LogP) is 9.59. The van der Waals surface area contributed by atoms with Crippen LogP contribution in [-0.4, -0.2) is 16.6 Å². The highest BCUT2D eigenvalue weighted by Gasteiger charge is 2.24. The van der Waals surface area contributed by atoms with E-state index < -0.39 is 0 Å². The van der Waals surface area contributed by atoms with Crippen LogP contribution in [0.3, 0.4) is 0 Å². The molecule has 3 heteroatoms. The van der Waals surface area contributed by atoms with Gasteiger partial charge in [-0.3, -0.25) is 0 Å². The van der Waals surface area contributed by atoms with E-state index in [9.17, 15) is 0 Å². The summed E-state index contributed by atoms with van der Waals surface area (Å²) in [7, 11) is 0. The summed E-state index contributed by atoms with van der Waals surface area (Å²) in [6.45, 7) is 5.30. The fraction of sp³-hybridized carbons (Fsp3) is 0.688. The quantitative estimate of drug-likeness (QED) is 0.212. The summed E-state index contributed by atoms with van der Waals surface area (Å²) in [5.41, 5.74) is 2.25. The predicted molar refractivity (Wildman–Crippen MR) is 149 cm³/mol. The summed E-state index contributed by atoms with van der Waals surface area (Å²) in [6, 6.07) is 8.27. The Bertz CT molecular complexity index is 786. The maximum atomic E-state index is 6.09. The normalized spacial score (nSPS) is 18.0. The van der Waals surface area contributed by atoms with Gasteiger partial charge in [0.05, 0.1) is 6.61 Å². The van der Waals surface area contributed by atoms with Crippen LogP contribution in [0.25, 0.3) is 11.4 Å². The third-order valence-electron chi connectivity index (χ3n) is 7.84. The van der Waals surface area contributed by atoms with Gasteiger partial charge in [-0.25, -0.2) is 9.97 Å². The lowest BCUT2D eigenvalue weighted by Crippen LogP contribution is -2.20. The lowest BCUT2D eigenvalue weighted by Gasteiger charge is -2.32. The molecule has 1 aromatic carbocycles. The Hall–Kier alpha value is -1.90. The zero-order chi connectivity index (χ0) is 24.6. The average Bonchev–Trinajstić information content (AvgIpc) is 2.90. The first-order valence-corrected chi connectivity index (χ1v) is 14.8. The Morgan fingerprint density at radius 1 is 0.714 bits per heavy atom. The van der Waals surface area contributed by atoms with E-state index in [4.69, 9.17) is 4.74 Å². The number of rotatable bonds is 17. The van der Waals surface area contributed by atoms with Gasteiger partial charge in [-0.2, -0.15) is 0 Å². The number of nitrogens with zero attached hydrogens (tertiary/aromatic N) is 2. The minimum atomic E-state index is 0.788. The third-order valence-corrected chi connectivity index (χ3v) is 7.84. The summed E-state index contributed by atoms with van der Waals surface area (Å²) in [4.78, 5) is 9.05. The highest BCUT2D eigenvalue weighted by Crippen LogP contribution is 2.36. The smallest absolute Gasteiger partial charge is 0.159 e. The standard InChI is InChI=1S/C32H50N2O/c1-3-5-6-7-8-9-10-11-16-28-17-12-13-18-29(28)19-14-24-35-31-22-20-30(21-23-31)32-33-25-27(15-4-2)26-34-32/h20-23,25-26,28-29H,3-19,24H2,1-2H3. The van der Waals surface area contributed by atoms with Crippen LogP contribution in [0.4, 0.5) is 0 Å². The van der Waals surface area contributed by atoms with Crippen LogP contribution in [0.1, 0.15) is 122 Å². The van der Waals surface area contributed by atoms with Crippen molar-refractivity contribution in [3.63, 3.8) is 0 Å². The van der Waals surface area contributed by atoms with Crippen molar-refractivity contribution in [2.45, 2.75) is 123 Å². The lowest BCUT2D eigenvalue weighted by molar-refractivity contribution is 0.190. The largest absolute Gasteiger partial charge is 0.494 e. The van der Waals surface area contributed by atoms with E-state index in [1.807, 2.05) is 12.4 Å². The molecule has 2 aromatic rings. The van der Waals surface area contributed by atoms with Gasteiger partial charge in [0, 0.05) is 18.0 Å². The second-order valence-corrected chi connectivity index (χ2v) is 10.7. The summed E-state index contributed by atoms with van der Waals surface area (Å²) >= 11 is 0. The first-order chi connectivity index (χ1) is 17.3. The molecule has 1 saturated carbocycles. The van der Waals surface area contributed by atoms with Gasteiger partial charge in [0.15, 0.2) is 5.82 Å². The number of aryl methyl sites for hydroxylation is 1. The number of unbranched alkanes of at least 4 members (excludes halogenated alkanes) is 7. The third kappa shape index (κ3) is 10.3. The van der Waals surface area contributed by atoms with E-state index in [0.717, 1.165) is 48.4 Å². The summed E-state index contributed by atoms with van der Waals surface area (Å²) in [5.74, 6) is 3.63. The topological polar surface area (TPSA) is 35.0 Å². The number of aromatic nitrogens is 2. The van der Waals surface area contributed by atoms with Crippen molar-refractivity contribution in [3.8, 4) is 17.1 Å². The maximum Gasteiger partial charge on any atom is 0.159 e. The van der Waals surface area contributed by atoms with Crippen molar-refractivity contribution < 1.29 is 4.74 Å². The number of hydrogen-bond donors (Lipinski definition) is 0. The maximum absolute atomic E-state index is 6.09. The first-order valence-electron chi connectivity index (χ1n) is 14.8. The Balaban J connectivity index is 1.32. The van der Waals surface area contributed by atoms with Gasteiger partial charge in [-0.05, 0) is 60.9 Å². The van der Waals surface area contributed by atoms with Gasteiger partial charge in [-0.15, -0.1) is 0 Å². The monoisotopic (exact) mass is 478 g/mol. The summed E-state index contributed by atoms with van der Waals surface area (Å²) < 4.78 is 6.09. The number of hydrogen-bond acceptors (Lipinski definition) is 3. The molecule has 3 nitrogen and oxygen atoms in total. The minimum absolute atomic E-state index is 0.788. The molecule has 1 heterocycles. The molecule has 0 spiro atoms. The summed E-state index contributed by atoms with van der Waals surface area (Å²) in [5, 5.41) is 0. The van der Waals surface area contributed by atoms with Crippen LogP contribution >= 0.6 is 0 Å². The highest BCUT2D eigenvalue weighted by atomic mass is 16.5. The molecule has 2 unspecified atom stereocenters. The van der Waals surface area contributed by atoms with Gasteiger partial charge in [0.1, 0.15) is 5.75 Å². The van der Waals surface area contributed by atoms with Gasteiger partial charge in [0.2, 0.25) is 0 Å². The minimum Gasteiger partial charge on any atom is -0.494 e. The van der Waals surface area contributed by atoms with Crippen molar-refractivity contribution in [2.24, 2.45) is 11.8 Å². The lowest BCUT2D eigenvalue weighted by atomic mass is 9.74. The van der Waals surface area contributed by atoms with Gasteiger partial charge in [-0.1, -0.05) is 104 Å². The van der Waals surface area contributed by atoms with Gasteiger partial charge >= 0.3 is 0 Å². The van der Waals surface area contributed by atoms with Crippen LogP contribution in [-0.2, 0) is 6.42 Å². The van der Waals surface area contributed by atoms with Crippen LogP contribution in [0.5, 0.6) is 5.75 Å².